The van der Waals surface area contributed by atoms with E-state index in [-0.39, 0.29) is 138 Å². The van der Waals surface area contributed by atoms with Gasteiger partial charge in [0.1, 0.15) is 0 Å². The Kier molecular flexibility index (Phi) is 90.5. The Labute approximate surface area is 813 Å². The maximum absolute atomic E-state index is 14.7. The van der Waals surface area contributed by atoms with E-state index in [0.717, 1.165) is 103 Å². The zero-order valence-electron chi connectivity index (χ0n) is 86.2. The van der Waals surface area contributed by atoms with Gasteiger partial charge in [-0.25, -0.2) is 24.1 Å². The summed E-state index contributed by atoms with van der Waals surface area (Å²) in [5.41, 5.74) is -2.00. The summed E-state index contributed by atoms with van der Waals surface area (Å²) < 4.78 is 39.3. The van der Waals surface area contributed by atoms with Gasteiger partial charge in [0.15, 0.2) is 0 Å². The molecule has 0 spiro atoms. The number of nitrogens with zero attached hydrogens (tertiary/aromatic N) is 3. The molecule has 0 bridgehead atoms. The largest absolute Gasteiger partial charge is 0.465 e. The van der Waals surface area contributed by atoms with E-state index >= 15 is 0 Å². The fourth-order valence-corrected chi connectivity index (χ4v) is 16.0. The number of unbranched alkanes of at least 4 members (excludes halogenated alkanes) is 52. The number of aliphatic hydroxyl groups is 4. The van der Waals surface area contributed by atoms with Crippen molar-refractivity contribution in [2.24, 2.45) is 16.7 Å². The van der Waals surface area contributed by atoms with Crippen LogP contribution in [0.1, 0.15) is 465 Å². The first-order valence-electron chi connectivity index (χ1n) is 54.5. The van der Waals surface area contributed by atoms with Gasteiger partial charge in [-0.3, -0.25) is 28.8 Å². The molecule has 0 aromatic rings. The van der Waals surface area contributed by atoms with Crippen LogP contribution in [0.15, 0.2) is 0 Å². The highest BCUT2D eigenvalue weighted by molar-refractivity contribution is 6.12. The van der Waals surface area contributed by atoms with Crippen molar-refractivity contribution in [1.29, 1.82) is 0 Å². The molecule has 0 atom stereocenters. The van der Waals surface area contributed by atoms with Crippen LogP contribution in [0.25, 0.3) is 0 Å². The van der Waals surface area contributed by atoms with Crippen LogP contribution in [0.2, 0.25) is 0 Å². The number of carbonyl (C=O) groups is 10. The number of amides is 9. The third kappa shape index (κ3) is 81.0. The molecular formula is C106H201N7O21. The van der Waals surface area contributed by atoms with Gasteiger partial charge in [0, 0.05) is 101 Å². The van der Waals surface area contributed by atoms with Crippen molar-refractivity contribution in [3.05, 3.63) is 0 Å². The number of hydrogen-bond donors (Lipinski definition) is 8. The highest BCUT2D eigenvalue weighted by Gasteiger charge is 2.32. The Morgan fingerprint density at radius 3 is 0.649 bits per heavy atom. The van der Waals surface area contributed by atoms with E-state index in [1.807, 2.05) is 0 Å². The lowest BCUT2D eigenvalue weighted by Crippen LogP contribution is -2.43. The van der Waals surface area contributed by atoms with Gasteiger partial charge in [0.2, 0.25) is 29.5 Å². The Morgan fingerprint density at radius 1 is 0.246 bits per heavy atom. The topological polar surface area (TPSA) is 374 Å². The first-order chi connectivity index (χ1) is 65.2. The third-order valence-electron chi connectivity index (χ3n) is 25.1. The van der Waals surface area contributed by atoms with Gasteiger partial charge in [0.25, 0.3) is 0 Å². The lowest BCUT2D eigenvalue weighted by atomic mass is 9.94. The maximum Gasteiger partial charge on any atom is 0.407 e. The number of aliphatic hydroxyl groups excluding tert-OH is 4. The molecule has 0 saturated carbocycles. The van der Waals surface area contributed by atoms with Crippen molar-refractivity contribution >= 4 is 59.9 Å². The van der Waals surface area contributed by atoms with Crippen LogP contribution < -0.4 is 21.3 Å². The quantitative estimate of drug-likeness (QED) is 0.0159. The molecule has 0 aromatic heterocycles. The summed E-state index contributed by atoms with van der Waals surface area (Å²) in [6.45, 7) is 12.0. The van der Waals surface area contributed by atoms with Crippen molar-refractivity contribution in [3.63, 3.8) is 0 Å². The molecular weight excluding hydrogens is 1710 g/mol. The van der Waals surface area contributed by atoms with Crippen LogP contribution in [0, 0.1) is 16.7 Å². The lowest BCUT2D eigenvalue weighted by molar-refractivity contribution is -0.158. The number of ether oxygens (including phenoxy) is 7. The molecule has 786 valence electrons. The fraction of sp³-hybridized carbons (Fsp3) is 0.906. The average molecular weight is 1910 g/mol. The molecule has 0 unspecified atom stereocenters. The molecule has 28 heteroatoms. The van der Waals surface area contributed by atoms with Crippen molar-refractivity contribution in [3.8, 4) is 0 Å². The van der Waals surface area contributed by atoms with Crippen LogP contribution in [0.4, 0.5) is 19.2 Å². The molecule has 0 heterocycles. The minimum absolute atomic E-state index is 0.0797. The Hall–Kier alpha value is -5.94. The number of carbonyl (C=O) groups excluding carboxylic acids is 10. The predicted octanol–water partition coefficient (Wildman–Crippen LogP) is 22.4. The van der Waals surface area contributed by atoms with Gasteiger partial charge in [-0.15, -0.1) is 0 Å². The second-order valence-corrected chi connectivity index (χ2v) is 38.7. The summed E-state index contributed by atoms with van der Waals surface area (Å²) >= 11 is 0. The number of hydrogen-bond acceptors (Lipinski definition) is 21. The van der Waals surface area contributed by atoms with E-state index in [0.29, 0.717) is 4.90 Å². The molecule has 0 aromatic carbocycles. The second-order valence-electron chi connectivity index (χ2n) is 38.7. The van der Waals surface area contributed by atoms with Gasteiger partial charge in [-0.05, 0) is 51.4 Å². The SMILES string of the molecule is CCCCCCCCCCCCCCCCOC(=O)NCCCN(CCCNC(=O)OCCCCCCCCCCCCCCCC)C(=O)CCC(=O)N(C(=O)CCC(=O)OCC(COCC(C)(CO)CO)COCC(C)(CO)CO)C(=O)CCC(=O)N(CCCNC(=O)OCCCCCCCCCCCCCCCC)CCCNC(=O)OCCCCCCCCCCCCCCCC. The molecule has 134 heavy (non-hydrogen) atoms. The number of nitrogens with one attached hydrogen (secondary N) is 4. The lowest BCUT2D eigenvalue weighted by Gasteiger charge is -2.27. The Bertz CT molecular complexity index is 2530. The van der Waals surface area contributed by atoms with E-state index in [9.17, 15) is 68.4 Å². The molecule has 0 saturated heterocycles. The molecule has 0 aliphatic rings. The van der Waals surface area contributed by atoms with E-state index in [4.69, 9.17) is 33.2 Å². The average Bonchev–Trinajstić information content (AvgIpc) is 0.855. The van der Waals surface area contributed by atoms with Crippen LogP contribution in [0.5, 0.6) is 0 Å². The number of esters is 1. The molecule has 0 aliphatic heterocycles. The number of alkyl carbamates (subject to hydrolysis) is 4. The monoisotopic (exact) mass is 1910 g/mol. The molecule has 0 rings (SSSR count). The van der Waals surface area contributed by atoms with Gasteiger partial charge < -0.3 is 84.7 Å². The van der Waals surface area contributed by atoms with E-state index in [1.54, 1.807) is 13.8 Å². The van der Waals surface area contributed by atoms with E-state index in [2.05, 4.69) is 49.0 Å². The van der Waals surface area contributed by atoms with Gasteiger partial charge in [0.05, 0.1) is 92.3 Å². The third-order valence-corrected chi connectivity index (χ3v) is 25.1. The Balaban J connectivity index is 6.68. The van der Waals surface area contributed by atoms with Crippen molar-refractivity contribution in [1.82, 2.24) is 36.0 Å². The van der Waals surface area contributed by atoms with E-state index < -0.39 is 142 Å². The van der Waals surface area contributed by atoms with Gasteiger partial charge in [-0.2, -0.15) is 0 Å². The smallest absolute Gasteiger partial charge is 0.407 e. The summed E-state index contributed by atoms with van der Waals surface area (Å²) in [5, 5.41) is 50.7. The fourth-order valence-electron chi connectivity index (χ4n) is 16.0. The first-order valence-corrected chi connectivity index (χ1v) is 54.5. The van der Waals surface area contributed by atoms with Crippen LogP contribution >= 0.6 is 0 Å². The summed E-state index contributed by atoms with van der Waals surface area (Å²) in [6, 6.07) is 0. The van der Waals surface area contributed by atoms with Gasteiger partial charge in [-0.1, -0.05) is 375 Å². The summed E-state index contributed by atoms with van der Waals surface area (Å²) in [5.74, 6) is -5.91. The standard InChI is InChI=1S/C106H201N7O21/c1-7-11-15-19-23-27-31-35-39-43-47-51-55-59-81-130-101(124)107-73-63-77-111(78-64-74-108-102(125)131-82-60-56-52-48-44-40-36-32-28-24-20-16-12-8-2)95(118)67-69-97(120)113(99(122)71-72-100(123)134-87-94(85-128-92-105(5,88-114)89-115)86-129-93-106(6,90-116)91-117)98(121)70-68-96(119)112(79-65-75-109-103(126)132-83-61-57-53-49-45-41-37-33-29-25-21-17-13-9-3)80-66-76-110-104(127)133-84-62-58-54-50-46-42-38-34-30-26-22-18-14-10-4/h94,114-117H,7-93H2,1-6H3,(H,107,124)(H,108,125)(H,109,126)(H,110,127). The molecule has 0 aliphatic carbocycles. The highest BCUT2D eigenvalue weighted by Crippen LogP contribution is 2.23. The minimum Gasteiger partial charge on any atom is -0.465 e. The molecule has 8 N–H and O–H groups in total. The predicted molar refractivity (Wildman–Crippen MR) is 535 cm³/mol. The van der Waals surface area contributed by atoms with Gasteiger partial charge >= 0.3 is 30.3 Å². The van der Waals surface area contributed by atoms with Crippen LogP contribution in [0.3, 0.4) is 0 Å². The number of imide groups is 3. The first kappa shape index (κ1) is 128. The zero-order chi connectivity index (χ0) is 98.4. The molecule has 0 radical (unpaired) electrons. The highest BCUT2D eigenvalue weighted by atomic mass is 16.6. The van der Waals surface area contributed by atoms with Crippen LogP contribution in [-0.2, 0) is 61.9 Å². The summed E-state index contributed by atoms with van der Waals surface area (Å²) in [6.07, 6.45) is 62.2. The normalized spacial score (nSPS) is 11.5. The van der Waals surface area contributed by atoms with Crippen molar-refractivity contribution in [2.75, 3.05) is 138 Å². The van der Waals surface area contributed by atoms with Crippen molar-refractivity contribution in [2.45, 2.75) is 465 Å². The minimum atomic E-state index is -1.11. The zero-order valence-corrected chi connectivity index (χ0v) is 86.2. The summed E-state index contributed by atoms with van der Waals surface area (Å²) in [4.78, 5) is 141. The summed E-state index contributed by atoms with van der Waals surface area (Å²) in [7, 11) is 0. The molecule has 0 fully saturated rings. The van der Waals surface area contributed by atoms with Crippen LogP contribution in [-0.4, -0.2) is 233 Å². The van der Waals surface area contributed by atoms with Crippen molar-refractivity contribution < 1.29 is 102 Å². The number of rotatable bonds is 99. The second kappa shape index (κ2) is 94.6. The molecule has 28 nitrogen and oxygen atoms in total. The Morgan fingerprint density at radius 2 is 0.440 bits per heavy atom. The maximum atomic E-state index is 14.7. The molecule has 9 amide bonds. The van der Waals surface area contributed by atoms with E-state index in [1.165, 1.54) is 267 Å².